The molecule has 0 aliphatic rings. The van der Waals surface area contributed by atoms with Gasteiger partial charge in [-0.2, -0.15) is 0 Å². The molecule has 1 aromatic rings. The number of rotatable bonds is 5. The Hall–Kier alpha value is -2.08. The van der Waals surface area contributed by atoms with E-state index in [0.717, 1.165) is 0 Å². The Labute approximate surface area is 130 Å². The van der Waals surface area contributed by atoms with Crippen LogP contribution in [0.4, 0.5) is 5.69 Å². The first kappa shape index (κ1) is 18.0. The van der Waals surface area contributed by atoms with Crippen LogP contribution in [0.3, 0.4) is 0 Å². The van der Waals surface area contributed by atoms with E-state index in [9.17, 15) is 14.7 Å². The maximum absolute atomic E-state index is 11.8. The lowest BCUT2D eigenvalue weighted by atomic mass is 9.87. The average Bonchev–Trinajstić information content (AvgIpc) is 2.46. The van der Waals surface area contributed by atoms with Crippen molar-refractivity contribution in [2.75, 3.05) is 19.0 Å². The maximum Gasteiger partial charge on any atom is 0.313 e. The number of aliphatic hydroxyl groups excluding tert-OH is 1. The molecule has 6 heteroatoms. The molecule has 0 aromatic heterocycles. The lowest BCUT2D eigenvalue weighted by molar-refractivity contribution is -0.136. The van der Waals surface area contributed by atoms with Crippen molar-refractivity contribution in [2.45, 2.75) is 33.3 Å². The molecule has 0 radical (unpaired) electrons. The molecule has 1 aromatic carbocycles. The third-order valence-electron chi connectivity index (χ3n) is 3.24. The summed E-state index contributed by atoms with van der Waals surface area (Å²) < 4.78 is 5.04. The molecule has 0 heterocycles. The van der Waals surface area contributed by atoms with E-state index < -0.39 is 17.9 Å². The van der Waals surface area contributed by atoms with Gasteiger partial charge in [-0.25, -0.2) is 0 Å². The zero-order valence-corrected chi connectivity index (χ0v) is 13.5. The zero-order chi connectivity index (χ0) is 16.8. The summed E-state index contributed by atoms with van der Waals surface area (Å²) >= 11 is 0. The van der Waals surface area contributed by atoms with Gasteiger partial charge in [0.25, 0.3) is 0 Å². The first-order valence-corrected chi connectivity index (χ1v) is 7.15. The molecule has 3 N–H and O–H groups in total. The molecule has 1 atom stereocenters. The van der Waals surface area contributed by atoms with Crippen molar-refractivity contribution in [1.82, 2.24) is 5.32 Å². The molecule has 1 rings (SSSR count). The molecule has 0 aliphatic carbocycles. The van der Waals surface area contributed by atoms with Crippen LogP contribution in [-0.2, 0) is 9.59 Å². The van der Waals surface area contributed by atoms with Crippen LogP contribution in [0.25, 0.3) is 0 Å². The van der Waals surface area contributed by atoms with Crippen molar-refractivity contribution in [3.8, 4) is 5.75 Å². The number of carbonyl (C=O) groups is 2. The second-order valence-corrected chi connectivity index (χ2v) is 6.11. The van der Waals surface area contributed by atoms with E-state index in [4.69, 9.17) is 4.74 Å². The van der Waals surface area contributed by atoms with Gasteiger partial charge in [0, 0.05) is 18.3 Å². The van der Waals surface area contributed by atoms with Crippen molar-refractivity contribution in [1.29, 1.82) is 0 Å². The van der Waals surface area contributed by atoms with Crippen LogP contribution in [0, 0.1) is 5.41 Å². The van der Waals surface area contributed by atoms with Crippen molar-refractivity contribution in [2.24, 2.45) is 5.41 Å². The van der Waals surface area contributed by atoms with Gasteiger partial charge in [0.2, 0.25) is 0 Å². The number of nitrogens with one attached hydrogen (secondary N) is 2. The van der Waals surface area contributed by atoms with Gasteiger partial charge in [0.15, 0.2) is 0 Å². The van der Waals surface area contributed by atoms with Gasteiger partial charge in [-0.1, -0.05) is 26.8 Å². The fourth-order valence-electron chi connectivity index (χ4n) is 1.72. The Kier molecular flexibility index (Phi) is 6.37. The molecule has 2 amide bonds. The number of ether oxygens (including phenoxy) is 1. The van der Waals surface area contributed by atoms with E-state index in [1.54, 1.807) is 24.3 Å². The summed E-state index contributed by atoms with van der Waals surface area (Å²) in [5, 5.41) is 14.8. The first-order valence-electron chi connectivity index (χ1n) is 7.15. The molecule has 0 fully saturated rings. The van der Waals surface area contributed by atoms with Crippen molar-refractivity contribution in [3.63, 3.8) is 0 Å². The summed E-state index contributed by atoms with van der Waals surface area (Å²) in [6, 6.07) is 6.74. The minimum Gasteiger partial charge on any atom is -0.497 e. The topological polar surface area (TPSA) is 87.7 Å². The molecule has 0 saturated heterocycles. The number of hydrogen-bond donors (Lipinski definition) is 3. The van der Waals surface area contributed by atoms with Crippen molar-refractivity contribution in [3.05, 3.63) is 24.3 Å². The summed E-state index contributed by atoms with van der Waals surface area (Å²) in [7, 11) is 1.52. The van der Waals surface area contributed by atoms with Gasteiger partial charge in [0.1, 0.15) is 5.75 Å². The number of carbonyl (C=O) groups excluding carboxylic acids is 2. The van der Waals surface area contributed by atoms with E-state index in [2.05, 4.69) is 10.6 Å². The number of amides is 2. The Morgan fingerprint density at radius 3 is 2.55 bits per heavy atom. The molecule has 0 saturated carbocycles. The lowest BCUT2D eigenvalue weighted by Gasteiger charge is -2.25. The summed E-state index contributed by atoms with van der Waals surface area (Å²) in [5.41, 5.74) is 0.224. The van der Waals surface area contributed by atoms with Gasteiger partial charge >= 0.3 is 11.8 Å². The van der Waals surface area contributed by atoms with Gasteiger partial charge in [-0.15, -0.1) is 0 Å². The van der Waals surface area contributed by atoms with Gasteiger partial charge in [-0.3, -0.25) is 9.59 Å². The Bertz CT molecular complexity index is 523. The minimum atomic E-state index is -0.751. The summed E-state index contributed by atoms with van der Waals surface area (Å²) in [5.74, 6) is -0.895. The third kappa shape index (κ3) is 5.73. The highest BCUT2D eigenvalue weighted by Crippen LogP contribution is 2.21. The predicted octanol–water partition coefficient (Wildman–Crippen LogP) is 1.55. The van der Waals surface area contributed by atoms with Crippen molar-refractivity contribution < 1.29 is 19.4 Å². The Morgan fingerprint density at radius 1 is 1.27 bits per heavy atom. The molecule has 22 heavy (non-hydrogen) atoms. The SMILES string of the molecule is COc1cccc(NC(=O)C(=O)NCCC(O)C(C)(C)C)c1. The van der Waals surface area contributed by atoms with E-state index in [1.165, 1.54) is 7.11 Å². The molecule has 0 aliphatic heterocycles. The standard InChI is InChI=1S/C16H24N2O4/c1-16(2,3)13(19)8-9-17-14(20)15(21)18-11-6-5-7-12(10-11)22-4/h5-7,10,13,19H,8-9H2,1-4H3,(H,17,20)(H,18,21). The van der Waals surface area contributed by atoms with Gasteiger partial charge in [0.05, 0.1) is 13.2 Å². The second-order valence-electron chi connectivity index (χ2n) is 6.11. The van der Waals surface area contributed by atoms with E-state index in [1.807, 2.05) is 20.8 Å². The second kappa shape index (κ2) is 7.79. The van der Waals surface area contributed by atoms with Crippen LogP contribution < -0.4 is 15.4 Å². The van der Waals surface area contributed by atoms with Crippen LogP contribution in [0.5, 0.6) is 5.75 Å². The fraction of sp³-hybridized carbons (Fsp3) is 0.500. The molecular formula is C16H24N2O4. The largest absolute Gasteiger partial charge is 0.497 e. The van der Waals surface area contributed by atoms with Crippen LogP contribution in [-0.4, -0.2) is 36.7 Å². The van der Waals surface area contributed by atoms with Crippen LogP contribution >= 0.6 is 0 Å². The molecular weight excluding hydrogens is 284 g/mol. The minimum absolute atomic E-state index is 0.239. The Balaban J connectivity index is 2.44. The highest BCUT2D eigenvalue weighted by atomic mass is 16.5. The summed E-state index contributed by atoms with van der Waals surface area (Å²) in [6.45, 7) is 5.97. The van der Waals surface area contributed by atoms with Crippen LogP contribution in [0.15, 0.2) is 24.3 Å². The predicted molar refractivity (Wildman–Crippen MR) is 84.7 cm³/mol. The number of aliphatic hydroxyl groups is 1. The number of hydrogen-bond acceptors (Lipinski definition) is 4. The Morgan fingerprint density at radius 2 is 1.95 bits per heavy atom. The van der Waals surface area contributed by atoms with Gasteiger partial charge < -0.3 is 20.5 Å². The van der Waals surface area contributed by atoms with E-state index >= 15 is 0 Å². The van der Waals surface area contributed by atoms with E-state index in [-0.39, 0.29) is 12.0 Å². The first-order chi connectivity index (χ1) is 10.2. The van der Waals surface area contributed by atoms with E-state index in [0.29, 0.717) is 17.9 Å². The maximum atomic E-state index is 11.8. The van der Waals surface area contributed by atoms with Crippen molar-refractivity contribution >= 4 is 17.5 Å². The lowest BCUT2D eigenvalue weighted by Crippen LogP contribution is -2.38. The molecule has 0 bridgehead atoms. The third-order valence-corrected chi connectivity index (χ3v) is 3.24. The average molecular weight is 308 g/mol. The molecule has 0 spiro atoms. The smallest absolute Gasteiger partial charge is 0.313 e. The fourth-order valence-corrected chi connectivity index (χ4v) is 1.72. The normalized spacial score (nSPS) is 12.4. The summed E-state index contributed by atoms with van der Waals surface area (Å²) in [6.07, 6.45) is -0.156. The number of benzene rings is 1. The molecule has 1 unspecified atom stereocenters. The summed E-state index contributed by atoms with van der Waals surface area (Å²) in [4.78, 5) is 23.5. The molecule has 6 nitrogen and oxygen atoms in total. The zero-order valence-electron chi connectivity index (χ0n) is 13.5. The monoisotopic (exact) mass is 308 g/mol. The van der Waals surface area contributed by atoms with Gasteiger partial charge in [-0.05, 0) is 24.0 Å². The van der Waals surface area contributed by atoms with Crippen LogP contribution in [0.2, 0.25) is 0 Å². The van der Waals surface area contributed by atoms with Crippen LogP contribution in [0.1, 0.15) is 27.2 Å². The highest BCUT2D eigenvalue weighted by molar-refractivity contribution is 6.39. The number of anilines is 1. The quantitative estimate of drug-likeness (QED) is 0.720. The highest BCUT2D eigenvalue weighted by Gasteiger charge is 2.22. The molecule has 122 valence electrons. The number of methoxy groups -OCH3 is 1.